The first-order valence-corrected chi connectivity index (χ1v) is 9.71. The minimum absolute atomic E-state index is 0. The average molecular weight is 412 g/mol. The number of hydrogen-bond donors (Lipinski definition) is 0. The van der Waals surface area contributed by atoms with Crippen molar-refractivity contribution in [1.82, 2.24) is 14.5 Å². The number of carbonyl (C=O) groups is 1. The van der Waals surface area contributed by atoms with E-state index < -0.39 is 0 Å². The number of ether oxygens (including phenoxy) is 1. The standard InChI is InChI=1S/C22H21N3O3.ClH/c26-21-17-7-3-8-23-19(17)20-18(21)15-5-1-2-6-16(15)22(27)25(20)10-4-9-24-11-13-28-14-12-24;/h1-3,5-8H,4,9-14H2;1H. The van der Waals surface area contributed by atoms with Gasteiger partial charge in [-0.1, -0.05) is 18.2 Å². The number of aromatic nitrogens is 2. The van der Waals surface area contributed by atoms with E-state index in [-0.39, 0.29) is 23.7 Å². The minimum atomic E-state index is -0.0531. The summed E-state index contributed by atoms with van der Waals surface area (Å²) in [5, 5.41) is 1.31. The van der Waals surface area contributed by atoms with Crippen LogP contribution in [-0.4, -0.2) is 53.1 Å². The van der Waals surface area contributed by atoms with Crippen LogP contribution in [0, 0.1) is 0 Å². The van der Waals surface area contributed by atoms with Crippen LogP contribution in [-0.2, 0) is 11.3 Å². The second kappa shape index (κ2) is 8.06. The lowest BCUT2D eigenvalue weighted by atomic mass is 10.0. The Hall–Kier alpha value is -2.54. The molecule has 1 saturated heterocycles. The first-order chi connectivity index (χ1) is 13.8. The van der Waals surface area contributed by atoms with Crippen LogP contribution in [0.15, 0.2) is 47.4 Å². The number of benzene rings is 1. The number of fused-ring (bicyclic) bond motifs is 5. The van der Waals surface area contributed by atoms with Gasteiger partial charge in [0, 0.05) is 43.1 Å². The molecule has 0 amide bonds. The van der Waals surface area contributed by atoms with E-state index in [1.165, 1.54) is 0 Å². The van der Waals surface area contributed by atoms with Crippen LogP contribution in [0.3, 0.4) is 0 Å². The van der Waals surface area contributed by atoms with E-state index in [2.05, 4.69) is 9.88 Å². The van der Waals surface area contributed by atoms with Gasteiger partial charge in [-0.3, -0.25) is 19.5 Å². The van der Waals surface area contributed by atoms with E-state index in [9.17, 15) is 9.59 Å². The summed E-state index contributed by atoms with van der Waals surface area (Å²) in [6.45, 7) is 4.84. The molecule has 7 heteroatoms. The maximum absolute atomic E-state index is 13.3. The van der Waals surface area contributed by atoms with Gasteiger partial charge >= 0.3 is 0 Å². The summed E-state index contributed by atoms with van der Waals surface area (Å²) in [6.07, 6.45) is 2.51. The summed E-state index contributed by atoms with van der Waals surface area (Å²) in [7, 11) is 0. The fourth-order valence-corrected chi connectivity index (χ4v) is 4.28. The molecule has 2 aliphatic rings. The Morgan fingerprint density at radius 2 is 1.72 bits per heavy atom. The van der Waals surface area contributed by atoms with Gasteiger partial charge in [-0.2, -0.15) is 0 Å². The van der Waals surface area contributed by atoms with Crippen LogP contribution in [0.1, 0.15) is 22.3 Å². The molecule has 0 atom stereocenters. The van der Waals surface area contributed by atoms with Gasteiger partial charge in [0.2, 0.25) is 0 Å². The Morgan fingerprint density at radius 3 is 2.52 bits per heavy atom. The molecular weight excluding hydrogens is 390 g/mol. The molecule has 1 aromatic carbocycles. The SMILES string of the molecule is Cl.O=C1c2cccnc2-c2c1c1ccccc1c(=O)n2CCCN1CCOCC1. The van der Waals surface area contributed by atoms with E-state index in [4.69, 9.17) is 4.74 Å². The molecule has 0 bridgehead atoms. The third kappa shape index (κ3) is 3.27. The minimum Gasteiger partial charge on any atom is -0.379 e. The van der Waals surface area contributed by atoms with Gasteiger partial charge in [0.15, 0.2) is 5.78 Å². The molecule has 150 valence electrons. The molecule has 6 nitrogen and oxygen atoms in total. The maximum Gasteiger partial charge on any atom is 0.258 e. The average Bonchev–Trinajstić information content (AvgIpc) is 3.04. The predicted octanol–water partition coefficient (Wildman–Crippen LogP) is 2.75. The van der Waals surface area contributed by atoms with Gasteiger partial charge in [0.1, 0.15) is 0 Å². The van der Waals surface area contributed by atoms with Crippen LogP contribution < -0.4 is 5.56 Å². The number of ketones is 1. The molecule has 1 fully saturated rings. The molecule has 0 spiro atoms. The lowest BCUT2D eigenvalue weighted by Gasteiger charge is -2.26. The Balaban J connectivity index is 0.00000205. The summed E-state index contributed by atoms with van der Waals surface area (Å²) < 4.78 is 7.16. The van der Waals surface area contributed by atoms with Crippen molar-refractivity contribution in [2.45, 2.75) is 13.0 Å². The second-order valence-electron chi connectivity index (χ2n) is 7.26. The van der Waals surface area contributed by atoms with Crippen LogP contribution >= 0.6 is 12.4 Å². The molecule has 29 heavy (non-hydrogen) atoms. The predicted molar refractivity (Wildman–Crippen MR) is 114 cm³/mol. The van der Waals surface area contributed by atoms with Crippen molar-refractivity contribution in [3.05, 3.63) is 64.1 Å². The quantitative estimate of drug-likeness (QED) is 0.516. The molecule has 2 aromatic heterocycles. The highest BCUT2D eigenvalue weighted by molar-refractivity contribution is 6.26. The molecule has 0 unspecified atom stereocenters. The zero-order valence-corrected chi connectivity index (χ0v) is 16.8. The Morgan fingerprint density at radius 1 is 0.966 bits per heavy atom. The third-order valence-electron chi connectivity index (χ3n) is 5.64. The summed E-state index contributed by atoms with van der Waals surface area (Å²) in [4.78, 5) is 33.2. The fourth-order valence-electron chi connectivity index (χ4n) is 4.28. The Kier molecular flexibility index (Phi) is 5.50. The molecular formula is C22H22ClN3O3. The van der Waals surface area contributed by atoms with Gasteiger partial charge in [-0.15, -0.1) is 12.4 Å². The molecule has 1 aliphatic carbocycles. The van der Waals surface area contributed by atoms with Crippen LogP contribution in [0.4, 0.5) is 0 Å². The van der Waals surface area contributed by atoms with Crippen molar-refractivity contribution < 1.29 is 9.53 Å². The molecule has 0 radical (unpaired) electrons. The van der Waals surface area contributed by atoms with Crippen molar-refractivity contribution in [3.63, 3.8) is 0 Å². The monoisotopic (exact) mass is 411 g/mol. The molecule has 0 saturated carbocycles. The van der Waals surface area contributed by atoms with E-state index in [0.29, 0.717) is 34.4 Å². The van der Waals surface area contributed by atoms with E-state index in [1.54, 1.807) is 29.0 Å². The largest absolute Gasteiger partial charge is 0.379 e. The summed E-state index contributed by atoms with van der Waals surface area (Å²) >= 11 is 0. The molecule has 3 aromatic rings. The lowest BCUT2D eigenvalue weighted by Crippen LogP contribution is -2.37. The van der Waals surface area contributed by atoms with Crippen molar-refractivity contribution in [2.24, 2.45) is 0 Å². The number of pyridine rings is 2. The zero-order chi connectivity index (χ0) is 19.1. The van der Waals surface area contributed by atoms with Gasteiger partial charge in [0.05, 0.1) is 35.7 Å². The smallest absolute Gasteiger partial charge is 0.258 e. The van der Waals surface area contributed by atoms with Gasteiger partial charge in [-0.25, -0.2) is 0 Å². The first kappa shape index (κ1) is 19.8. The number of halogens is 1. The Labute approximate surface area is 174 Å². The van der Waals surface area contributed by atoms with Crippen molar-refractivity contribution >= 4 is 29.0 Å². The first-order valence-electron chi connectivity index (χ1n) is 9.71. The lowest BCUT2D eigenvalue weighted by molar-refractivity contribution is 0.0369. The van der Waals surface area contributed by atoms with Gasteiger partial charge < -0.3 is 9.30 Å². The zero-order valence-electron chi connectivity index (χ0n) is 16.0. The van der Waals surface area contributed by atoms with Crippen LogP contribution in [0.25, 0.3) is 22.2 Å². The van der Waals surface area contributed by atoms with Crippen LogP contribution in [0.5, 0.6) is 0 Å². The number of hydrogen-bond acceptors (Lipinski definition) is 5. The van der Waals surface area contributed by atoms with Crippen molar-refractivity contribution in [1.29, 1.82) is 0 Å². The van der Waals surface area contributed by atoms with Crippen molar-refractivity contribution in [2.75, 3.05) is 32.8 Å². The van der Waals surface area contributed by atoms with E-state index in [1.807, 2.05) is 18.2 Å². The normalized spacial score (nSPS) is 15.8. The van der Waals surface area contributed by atoms with Gasteiger partial charge in [-0.05, 0) is 24.6 Å². The third-order valence-corrected chi connectivity index (χ3v) is 5.64. The van der Waals surface area contributed by atoms with Crippen molar-refractivity contribution in [3.8, 4) is 11.4 Å². The number of rotatable bonds is 4. The number of morpholine rings is 1. The summed E-state index contributed by atoms with van der Waals surface area (Å²) in [6, 6.07) is 10.9. The summed E-state index contributed by atoms with van der Waals surface area (Å²) in [5.74, 6) is -0.0452. The van der Waals surface area contributed by atoms with Gasteiger partial charge in [0.25, 0.3) is 5.56 Å². The highest BCUT2D eigenvalue weighted by atomic mass is 35.5. The topological polar surface area (TPSA) is 64.4 Å². The molecule has 5 rings (SSSR count). The Bertz CT molecular complexity index is 1140. The van der Waals surface area contributed by atoms with E-state index in [0.717, 1.165) is 44.7 Å². The van der Waals surface area contributed by atoms with Crippen LogP contribution in [0.2, 0.25) is 0 Å². The summed E-state index contributed by atoms with van der Waals surface area (Å²) in [5.41, 5.74) is 2.43. The highest BCUT2D eigenvalue weighted by Gasteiger charge is 2.33. The highest BCUT2D eigenvalue weighted by Crippen LogP contribution is 2.37. The fraction of sp³-hybridized carbons (Fsp3) is 0.318. The maximum atomic E-state index is 13.3. The molecule has 1 aliphatic heterocycles. The number of nitrogens with zero attached hydrogens (tertiary/aromatic N) is 3. The second-order valence-corrected chi connectivity index (χ2v) is 7.26. The number of carbonyl (C=O) groups excluding carboxylic acids is 1. The molecule has 3 heterocycles. The molecule has 0 N–H and O–H groups in total. The van der Waals surface area contributed by atoms with E-state index >= 15 is 0 Å².